The number of para-hydroxylation sites is 2. The van der Waals surface area contributed by atoms with Gasteiger partial charge in [-0.3, -0.25) is 0 Å². The molecule has 1 aliphatic heterocycles. The number of ether oxygens (including phenoxy) is 2. The molecular weight excluding hydrogens is 248 g/mol. The van der Waals surface area contributed by atoms with Crippen molar-refractivity contribution in [3.63, 3.8) is 0 Å². The van der Waals surface area contributed by atoms with E-state index in [1.54, 1.807) is 7.11 Å². The van der Waals surface area contributed by atoms with Crippen molar-refractivity contribution in [3.8, 4) is 5.75 Å². The van der Waals surface area contributed by atoms with Gasteiger partial charge in [-0.05, 0) is 37.2 Å². The average molecular weight is 266 g/mol. The predicted molar refractivity (Wildman–Crippen MR) is 76.2 cm³/mol. The molecule has 1 heterocycles. The molecular formula is C13H18N2O2S. The number of benzene rings is 1. The molecule has 1 aromatic rings. The molecule has 0 saturated carbocycles. The first-order chi connectivity index (χ1) is 8.79. The molecule has 0 unspecified atom stereocenters. The van der Waals surface area contributed by atoms with Crippen molar-refractivity contribution in [3.05, 3.63) is 24.3 Å². The van der Waals surface area contributed by atoms with E-state index in [0.29, 0.717) is 5.11 Å². The molecule has 2 rings (SSSR count). The van der Waals surface area contributed by atoms with Crippen molar-refractivity contribution >= 4 is 23.0 Å². The number of nitrogens with one attached hydrogen (secondary N) is 2. The van der Waals surface area contributed by atoms with Crippen LogP contribution in [0.15, 0.2) is 24.3 Å². The second-order valence-electron chi connectivity index (χ2n) is 4.17. The van der Waals surface area contributed by atoms with Crippen molar-refractivity contribution in [1.82, 2.24) is 5.32 Å². The highest BCUT2D eigenvalue weighted by Crippen LogP contribution is 2.22. The zero-order chi connectivity index (χ0) is 12.8. The van der Waals surface area contributed by atoms with Gasteiger partial charge >= 0.3 is 0 Å². The SMILES string of the molecule is COc1ccccc1NC(=S)NC[C@H]1CCCO1. The van der Waals surface area contributed by atoms with Crippen LogP contribution in [0, 0.1) is 0 Å². The number of thiocarbonyl (C=S) groups is 1. The maximum absolute atomic E-state index is 5.52. The van der Waals surface area contributed by atoms with Crippen LogP contribution in [0.25, 0.3) is 0 Å². The van der Waals surface area contributed by atoms with Gasteiger partial charge in [0.2, 0.25) is 0 Å². The Bertz CT molecular complexity index is 406. The Morgan fingerprint density at radius 3 is 3.06 bits per heavy atom. The van der Waals surface area contributed by atoms with Gasteiger partial charge in [0, 0.05) is 13.2 Å². The maximum Gasteiger partial charge on any atom is 0.170 e. The summed E-state index contributed by atoms with van der Waals surface area (Å²) in [6.07, 6.45) is 2.52. The molecule has 1 fully saturated rings. The Labute approximate surface area is 113 Å². The molecule has 0 aromatic heterocycles. The minimum atomic E-state index is 0.280. The van der Waals surface area contributed by atoms with Gasteiger partial charge in [0.25, 0.3) is 0 Å². The summed E-state index contributed by atoms with van der Waals surface area (Å²) in [6, 6.07) is 7.68. The van der Waals surface area contributed by atoms with Crippen LogP contribution in [0.2, 0.25) is 0 Å². The second kappa shape index (κ2) is 6.56. The molecule has 1 saturated heterocycles. The first kappa shape index (κ1) is 13.1. The highest BCUT2D eigenvalue weighted by Gasteiger charge is 2.15. The van der Waals surface area contributed by atoms with Gasteiger partial charge in [0.15, 0.2) is 5.11 Å². The van der Waals surface area contributed by atoms with Gasteiger partial charge in [0.1, 0.15) is 5.75 Å². The van der Waals surface area contributed by atoms with E-state index in [-0.39, 0.29) is 6.10 Å². The van der Waals surface area contributed by atoms with Crippen LogP contribution in [0.1, 0.15) is 12.8 Å². The Kier molecular flexibility index (Phi) is 4.78. The van der Waals surface area contributed by atoms with Gasteiger partial charge < -0.3 is 20.1 Å². The van der Waals surface area contributed by atoms with Crippen molar-refractivity contribution in [2.75, 3.05) is 25.6 Å². The van der Waals surface area contributed by atoms with E-state index in [0.717, 1.165) is 37.4 Å². The first-order valence-electron chi connectivity index (χ1n) is 6.09. The Morgan fingerprint density at radius 2 is 2.33 bits per heavy atom. The van der Waals surface area contributed by atoms with Crippen LogP contribution in [-0.2, 0) is 4.74 Å². The van der Waals surface area contributed by atoms with Gasteiger partial charge in [-0.1, -0.05) is 12.1 Å². The summed E-state index contributed by atoms with van der Waals surface area (Å²) < 4.78 is 10.8. The van der Waals surface area contributed by atoms with E-state index < -0.39 is 0 Å². The molecule has 0 aliphatic carbocycles. The van der Waals surface area contributed by atoms with Crippen molar-refractivity contribution in [2.45, 2.75) is 18.9 Å². The molecule has 98 valence electrons. The van der Waals surface area contributed by atoms with E-state index in [9.17, 15) is 0 Å². The molecule has 18 heavy (non-hydrogen) atoms. The molecule has 0 spiro atoms. The topological polar surface area (TPSA) is 42.5 Å². The monoisotopic (exact) mass is 266 g/mol. The lowest BCUT2D eigenvalue weighted by Crippen LogP contribution is -2.34. The van der Waals surface area contributed by atoms with Crippen molar-refractivity contribution in [2.24, 2.45) is 0 Å². The largest absolute Gasteiger partial charge is 0.495 e. The van der Waals surface area contributed by atoms with Crippen LogP contribution < -0.4 is 15.4 Å². The molecule has 5 heteroatoms. The van der Waals surface area contributed by atoms with Gasteiger partial charge in [-0.25, -0.2) is 0 Å². The lowest BCUT2D eigenvalue weighted by molar-refractivity contribution is 0.114. The molecule has 1 atom stereocenters. The predicted octanol–water partition coefficient (Wildman–Crippen LogP) is 2.16. The van der Waals surface area contributed by atoms with Crippen LogP contribution in [0.5, 0.6) is 5.75 Å². The van der Waals surface area contributed by atoms with Crippen molar-refractivity contribution in [1.29, 1.82) is 0 Å². The van der Waals surface area contributed by atoms with E-state index in [1.165, 1.54) is 0 Å². The third kappa shape index (κ3) is 3.58. The van der Waals surface area contributed by atoms with Crippen LogP contribution in [0.3, 0.4) is 0 Å². The first-order valence-corrected chi connectivity index (χ1v) is 6.50. The number of anilines is 1. The second-order valence-corrected chi connectivity index (χ2v) is 4.58. The summed E-state index contributed by atoms with van der Waals surface area (Å²) in [5.41, 5.74) is 0.866. The smallest absolute Gasteiger partial charge is 0.170 e. The third-order valence-corrected chi connectivity index (χ3v) is 3.12. The van der Waals surface area contributed by atoms with Gasteiger partial charge in [-0.2, -0.15) is 0 Å². The molecule has 0 bridgehead atoms. The number of methoxy groups -OCH3 is 1. The van der Waals surface area contributed by atoms with E-state index >= 15 is 0 Å². The maximum atomic E-state index is 5.52. The summed E-state index contributed by atoms with van der Waals surface area (Å²) in [7, 11) is 1.64. The Morgan fingerprint density at radius 1 is 1.50 bits per heavy atom. The molecule has 4 nitrogen and oxygen atoms in total. The normalized spacial score (nSPS) is 18.4. The summed E-state index contributed by atoms with van der Waals surface area (Å²) in [5.74, 6) is 0.777. The zero-order valence-electron chi connectivity index (χ0n) is 10.4. The minimum absolute atomic E-state index is 0.280. The number of hydrogen-bond donors (Lipinski definition) is 2. The van der Waals surface area contributed by atoms with Crippen LogP contribution >= 0.6 is 12.2 Å². The molecule has 1 aliphatic rings. The molecule has 0 radical (unpaired) electrons. The highest BCUT2D eigenvalue weighted by molar-refractivity contribution is 7.80. The van der Waals surface area contributed by atoms with Gasteiger partial charge in [-0.15, -0.1) is 0 Å². The van der Waals surface area contributed by atoms with Crippen molar-refractivity contribution < 1.29 is 9.47 Å². The number of hydrogen-bond acceptors (Lipinski definition) is 3. The standard InChI is InChI=1S/C13H18N2O2S/c1-16-12-7-3-2-6-11(12)15-13(18)14-9-10-5-4-8-17-10/h2-3,6-7,10H,4-5,8-9H2,1H3,(H2,14,15,18)/t10-/m1/s1. The summed E-state index contributed by atoms with van der Waals surface area (Å²) >= 11 is 5.24. The third-order valence-electron chi connectivity index (χ3n) is 2.87. The number of rotatable bonds is 4. The fourth-order valence-corrected chi connectivity index (χ4v) is 2.12. The Hall–Kier alpha value is -1.33. The molecule has 2 N–H and O–H groups in total. The summed E-state index contributed by atoms with van der Waals surface area (Å²) in [6.45, 7) is 1.61. The fourth-order valence-electron chi connectivity index (χ4n) is 1.93. The average Bonchev–Trinajstić information content (AvgIpc) is 2.90. The Balaban J connectivity index is 1.82. The zero-order valence-corrected chi connectivity index (χ0v) is 11.3. The fraction of sp³-hybridized carbons (Fsp3) is 0.462. The lowest BCUT2D eigenvalue weighted by atomic mass is 10.2. The highest BCUT2D eigenvalue weighted by atomic mass is 32.1. The minimum Gasteiger partial charge on any atom is -0.495 e. The van der Waals surface area contributed by atoms with E-state index in [1.807, 2.05) is 24.3 Å². The van der Waals surface area contributed by atoms with E-state index in [4.69, 9.17) is 21.7 Å². The van der Waals surface area contributed by atoms with Gasteiger partial charge in [0.05, 0.1) is 18.9 Å². The quantitative estimate of drug-likeness (QED) is 0.818. The van der Waals surface area contributed by atoms with Crippen LogP contribution in [0.4, 0.5) is 5.69 Å². The summed E-state index contributed by atoms with van der Waals surface area (Å²) in [4.78, 5) is 0. The molecule has 0 amide bonds. The van der Waals surface area contributed by atoms with Crippen LogP contribution in [-0.4, -0.2) is 31.5 Å². The molecule has 1 aromatic carbocycles. The lowest BCUT2D eigenvalue weighted by Gasteiger charge is -2.15. The van der Waals surface area contributed by atoms with E-state index in [2.05, 4.69) is 10.6 Å². The summed E-state index contributed by atoms with van der Waals surface area (Å²) in [5, 5.41) is 6.88.